The van der Waals surface area contributed by atoms with Gasteiger partial charge in [-0.15, -0.1) is 0 Å². The van der Waals surface area contributed by atoms with E-state index < -0.39 is 9.84 Å². The molecule has 6 heteroatoms. The summed E-state index contributed by atoms with van der Waals surface area (Å²) in [6.45, 7) is 4.41. The quantitative estimate of drug-likeness (QED) is 0.569. The zero-order valence-corrected chi connectivity index (χ0v) is 14.4. The Morgan fingerprint density at radius 1 is 1.25 bits per heavy atom. The number of sulfone groups is 1. The minimum Gasteiger partial charge on any atom is -0.378 e. The molecule has 0 radical (unpaired) electrons. The van der Waals surface area contributed by atoms with Gasteiger partial charge < -0.3 is 9.64 Å². The maximum atomic E-state index is 12.2. The minimum absolute atomic E-state index is 0.0945. The van der Waals surface area contributed by atoms with Crippen LogP contribution >= 0.6 is 22.6 Å². The maximum Gasteiger partial charge on any atom is 0.185 e. The SMILES string of the molecule is C/C(=C(/c1ccccc1)N1CCOCC1)S(=O)(=O)CI. The van der Waals surface area contributed by atoms with Crippen LogP contribution in [0.3, 0.4) is 0 Å². The van der Waals surface area contributed by atoms with Gasteiger partial charge in [-0.1, -0.05) is 52.9 Å². The number of nitrogens with zero attached hydrogens (tertiary/aromatic N) is 1. The molecule has 0 amide bonds. The monoisotopic (exact) mass is 407 g/mol. The lowest BCUT2D eigenvalue weighted by Gasteiger charge is -2.32. The zero-order chi connectivity index (χ0) is 14.6. The van der Waals surface area contributed by atoms with Gasteiger partial charge in [0, 0.05) is 13.1 Å². The summed E-state index contributed by atoms with van der Waals surface area (Å²) in [7, 11) is -3.21. The van der Waals surface area contributed by atoms with Crippen molar-refractivity contribution in [2.75, 3.05) is 30.1 Å². The average molecular weight is 407 g/mol. The first kappa shape index (κ1) is 15.8. The molecule has 0 atom stereocenters. The maximum absolute atomic E-state index is 12.2. The molecular formula is C14H18INO3S. The summed E-state index contributed by atoms with van der Waals surface area (Å²) in [5.74, 6) is 0. The van der Waals surface area contributed by atoms with Crippen LogP contribution in [0.5, 0.6) is 0 Å². The summed E-state index contributed by atoms with van der Waals surface area (Å²) in [5.41, 5.74) is 1.76. The summed E-state index contributed by atoms with van der Waals surface area (Å²) in [4.78, 5) is 2.55. The Morgan fingerprint density at radius 3 is 2.40 bits per heavy atom. The van der Waals surface area contributed by atoms with E-state index in [1.54, 1.807) is 6.92 Å². The molecule has 1 aliphatic heterocycles. The third kappa shape index (κ3) is 3.53. The third-order valence-corrected chi connectivity index (χ3v) is 7.19. The Kier molecular flexibility index (Phi) is 5.45. The van der Waals surface area contributed by atoms with Crippen LogP contribution in [0.15, 0.2) is 35.2 Å². The van der Waals surface area contributed by atoms with Gasteiger partial charge in [0.2, 0.25) is 0 Å². The van der Waals surface area contributed by atoms with Crippen molar-refractivity contribution < 1.29 is 13.2 Å². The number of rotatable bonds is 4. The Hall–Kier alpha value is -0.600. The van der Waals surface area contributed by atoms with Gasteiger partial charge >= 0.3 is 0 Å². The van der Waals surface area contributed by atoms with Gasteiger partial charge in [0.1, 0.15) is 3.76 Å². The lowest BCUT2D eigenvalue weighted by molar-refractivity contribution is 0.0638. The van der Waals surface area contributed by atoms with E-state index in [9.17, 15) is 8.42 Å². The molecule has 0 aliphatic carbocycles. The third-order valence-electron chi connectivity index (χ3n) is 3.32. The molecule has 110 valence electrons. The van der Waals surface area contributed by atoms with Gasteiger partial charge in [-0.3, -0.25) is 0 Å². The molecule has 1 fully saturated rings. The lowest BCUT2D eigenvalue weighted by Crippen LogP contribution is -2.36. The summed E-state index contributed by atoms with van der Waals surface area (Å²) in [5, 5.41) is 0. The van der Waals surface area contributed by atoms with Crippen LogP contribution in [0.1, 0.15) is 12.5 Å². The number of benzene rings is 1. The van der Waals surface area contributed by atoms with Crippen LogP contribution in [0.25, 0.3) is 5.70 Å². The van der Waals surface area contributed by atoms with E-state index in [2.05, 4.69) is 4.90 Å². The van der Waals surface area contributed by atoms with Crippen molar-refractivity contribution in [3.8, 4) is 0 Å². The molecule has 1 aliphatic rings. The van der Waals surface area contributed by atoms with E-state index in [1.807, 2.05) is 52.9 Å². The summed E-state index contributed by atoms with van der Waals surface area (Å²) >= 11 is 1.90. The molecule has 1 heterocycles. The van der Waals surface area contributed by atoms with Crippen molar-refractivity contribution in [2.45, 2.75) is 6.92 Å². The molecule has 0 unspecified atom stereocenters. The summed E-state index contributed by atoms with van der Waals surface area (Å²) in [6, 6.07) is 9.70. The number of hydrogen-bond donors (Lipinski definition) is 0. The highest BCUT2D eigenvalue weighted by Crippen LogP contribution is 2.27. The Labute approximate surface area is 133 Å². The van der Waals surface area contributed by atoms with Crippen molar-refractivity contribution in [1.29, 1.82) is 0 Å². The highest BCUT2D eigenvalue weighted by molar-refractivity contribution is 14.1. The molecule has 1 saturated heterocycles. The Bertz CT molecular complexity index is 578. The van der Waals surface area contributed by atoms with Crippen LogP contribution in [0, 0.1) is 0 Å². The first-order valence-electron chi connectivity index (χ1n) is 6.44. The molecule has 0 saturated carbocycles. The highest BCUT2D eigenvalue weighted by atomic mass is 127. The van der Waals surface area contributed by atoms with Crippen molar-refractivity contribution in [2.24, 2.45) is 0 Å². The lowest BCUT2D eigenvalue weighted by atomic mass is 10.1. The highest BCUT2D eigenvalue weighted by Gasteiger charge is 2.23. The molecule has 0 aromatic heterocycles. The van der Waals surface area contributed by atoms with E-state index in [1.165, 1.54) is 0 Å². The van der Waals surface area contributed by atoms with Gasteiger partial charge in [0.25, 0.3) is 0 Å². The smallest absolute Gasteiger partial charge is 0.185 e. The fourth-order valence-electron chi connectivity index (χ4n) is 2.22. The van der Waals surface area contributed by atoms with Gasteiger partial charge in [-0.2, -0.15) is 0 Å². The van der Waals surface area contributed by atoms with E-state index in [-0.39, 0.29) is 3.76 Å². The first-order valence-corrected chi connectivity index (χ1v) is 9.62. The molecule has 1 aromatic rings. The first-order chi connectivity index (χ1) is 9.56. The largest absolute Gasteiger partial charge is 0.378 e. The van der Waals surface area contributed by atoms with E-state index in [0.29, 0.717) is 18.1 Å². The number of alkyl halides is 1. The second-order valence-corrected chi connectivity index (χ2v) is 8.52. The van der Waals surface area contributed by atoms with Gasteiger partial charge in [0.15, 0.2) is 9.84 Å². The van der Waals surface area contributed by atoms with Gasteiger partial charge in [0.05, 0.1) is 23.8 Å². The number of halogens is 1. The van der Waals surface area contributed by atoms with Crippen LogP contribution in [0.4, 0.5) is 0 Å². The van der Waals surface area contributed by atoms with Crippen molar-refractivity contribution in [1.82, 2.24) is 4.90 Å². The van der Waals surface area contributed by atoms with E-state index >= 15 is 0 Å². The Morgan fingerprint density at radius 2 is 1.85 bits per heavy atom. The summed E-state index contributed by atoms with van der Waals surface area (Å²) < 4.78 is 29.9. The van der Waals surface area contributed by atoms with Crippen molar-refractivity contribution in [3.63, 3.8) is 0 Å². The fraction of sp³-hybridized carbons (Fsp3) is 0.429. The standard InChI is InChI=1S/C14H18INO3S/c1-12(20(17,18)11-15)14(13-5-3-2-4-6-13)16-7-9-19-10-8-16/h2-6H,7-11H2,1H3/b14-12+. The molecule has 0 N–H and O–H groups in total. The number of morpholine rings is 1. The number of allylic oxidation sites excluding steroid dienone is 1. The second kappa shape index (κ2) is 6.91. The van der Waals surface area contributed by atoms with Gasteiger partial charge in [-0.05, 0) is 12.5 Å². The van der Waals surface area contributed by atoms with Crippen LogP contribution < -0.4 is 0 Å². The van der Waals surface area contributed by atoms with Crippen molar-refractivity contribution in [3.05, 3.63) is 40.8 Å². The van der Waals surface area contributed by atoms with Crippen LogP contribution in [0.2, 0.25) is 0 Å². The van der Waals surface area contributed by atoms with Crippen molar-refractivity contribution >= 4 is 38.1 Å². The molecule has 0 bridgehead atoms. The van der Waals surface area contributed by atoms with Crippen LogP contribution in [-0.4, -0.2) is 43.4 Å². The molecular weight excluding hydrogens is 389 g/mol. The number of ether oxygens (including phenoxy) is 1. The second-order valence-electron chi connectivity index (χ2n) is 4.59. The molecule has 20 heavy (non-hydrogen) atoms. The average Bonchev–Trinajstić information content (AvgIpc) is 2.49. The van der Waals surface area contributed by atoms with E-state index in [4.69, 9.17) is 4.74 Å². The fourth-order valence-corrected chi connectivity index (χ4v) is 4.33. The van der Waals surface area contributed by atoms with E-state index in [0.717, 1.165) is 24.4 Å². The van der Waals surface area contributed by atoms with Gasteiger partial charge in [-0.25, -0.2) is 8.42 Å². The Balaban J connectivity index is 2.52. The summed E-state index contributed by atoms with van der Waals surface area (Å²) in [6.07, 6.45) is 0. The minimum atomic E-state index is -3.21. The normalized spacial score (nSPS) is 17.8. The van der Waals surface area contributed by atoms with Crippen LogP contribution in [-0.2, 0) is 14.6 Å². The number of hydrogen-bond acceptors (Lipinski definition) is 4. The zero-order valence-electron chi connectivity index (χ0n) is 11.4. The molecule has 0 spiro atoms. The molecule has 4 nitrogen and oxygen atoms in total. The molecule has 1 aromatic carbocycles. The predicted molar refractivity (Wildman–Crippen MR) is 89.2 cm³/mol. The molecule has 2 rings (SSSR count). The topological polar surface area (TPSA) is 46.6 Å². The predicted octanol–water partition coefficient (Wildman–Crippen LogP) is 2.51.